The highest BCUT2D eigenvalue weighted by Gasteiger charge is 2.15. The van der Waals surface area contributed by atoms with Gasteiger partial charge in [-0.15, -0.1) is 11.3 Å². The van der Waals surface area contributed by atoms with Gasteiger partial charge in [-0.25, -0.2) is 0 Å². The van der Waals surface area contributed by atoms with Gasteiger partial charge in [-0.3, -0.25) is 4.79 Å². The van der Waals surface area contributed by atoms with Gasteiger partial charge in [0, 0.05) is 17.1 Å². The van der Waals surface area contributed by atoms with Crippen molar-refractivity contribution >= 4 is 22.9 Å². The summed E-state index contributed by atoms with van der Waals surface area (Å²) in [5, 5.41) is 2.85. The molecule has 2 rings (SSSR count). The third kappa shape index (κ3) is 3.46. The summed E-state index contributed by atoms with van der Waals surface area (Å²) < 4.78 is 5.68. The first kappa shape index (κ1) is 13.4. The van der Waals surface area contributed by atoms with E-state index in [1.807, 2.05) is 6.92 Å². The average molecular weight is 268 g/mol. The number of anilines is 1. The van der Waals surface area contributed by atoms with Gasteiger partial charge in [0.1, 0.15) is 0 Å². The van der Waals surface area contributed by atoms with Crippen LogP contribution in [0.1, 0.15) is 40.2 Å². The number of thiophene rings is 1. The molecule has 0 saturated heterocycles. The van der Waals surface area contributed by atoms with Crippen LogP contribution in [0, 0.1) is 6.92 Å². The number of hydrogen-bond acceptors (Lipinski definition) is 4. The summed E-state index contributed by atoms with van der Waals surface area (Å²) in [6, 6.07) is 1.73. The molecule has 1 aliphatic rings. The van der Waals surface area contributed by atoms with E-state index in [4.69, 9.17) is 10.5 Å². The summed E-state index contributed by atoms with van der Waals surface area (Å²) in [5.74, 6) is -0.0604. The first-order valence-electron chi connectivity index (χ1n) is 6.42. The molecule has 1 saturated carbocycles. The molecule has 18 heavy (non-hydrogen) atoms. The lowest BCUT2D eigenvalue weighted by molar-refractivity contribution is 0.0582. The van der Waals surface area contributed by atoms with Crippen LogP contribution < -0.4 is 11.1 Å². The summed E-state index contributed by atoms with van der Waals surface area (Å²) in [6.45, 7) is 3.07. The minimum Gasteiger partial charge on any atom is -0.398 e. The summed E-state index contributed by atoms with van der Waals surface area (Å²) in [7, 11) is 0. The zero-order valence-corrected chi connectivity index (χ0v) is 11.5. The molecule has 1 amide bonds. The number of ether oxygens (including phenoxy) is 1. The van der Waals surface area contributed by atoms with Crippen LogP contribution in [0.15, 0.2) is 6.07 Å². The Labute approximate surface area is 112 Å². The first-order chi connectivity index (χ1) is 8.66. The SMILES string of the molecule is Cc1sc(C(=O)NCCOC2CCCC2)cc1N. The molecular weight excluding hydrogens is 248 g/mol. The number of nitrogens with two attached hydrogens (primary N) is 1. The third-order valence-electron chi connectivity index (χ3n) is 3.22. The fourth-order valence-electron chi connectivity index (χ4n) is 2.14. The molecule has 1 aromatic rings. The van der Waals surface area contributed by atoms with Gasteiger partial charge in [0.05, 0.1) is 17.6 Å². The highest BCUT2D eigenvalue weighted by atomic mass is 32.1. The van der Waals surface area contributed by atoms with E-state index in [1.165, 1.54) is 24.2 Å². The summed E-state index contributed by atoms with van der Waals surface area (Å²) in [6.07, 6.45) is 5.26. The normalized spacial score (nSPS) is 16.1. The van der Waals surface area contributed by atoms with Crippen molar-refractivity contribution in [3.63, 3.8) is 0 Å². The van der Waals surface area contributed by atoms with Crippen molar-refractivity contribution < 1.29 is 9.53 Å². The average Bonchev–Trinajstić information content (AvgIpc) is 2.96. The molecule has 100 valence electrons. The van der Waals surface area contributed by atoms with E-state index in [0.29, 0.717) is 29.8 Å². The Morgan fingerprint density at radius 3 is 2.89 bits per heavy atom. The number of rotatable bonds is 5. The van der Waals surface area contributed by atoms with Crippen molar-refractivity contribution in [2.45, 2.75) is 38.7 Å². The maximum atomic E-state index is 11.8. The molecule has 1 aromatic heterocycles. The Bertz CT molecular complexity index is 392. The van der Waals surface area contributed by atoms with Crippen LogP contribution >= 0.6 is 11.3 Å². The van der Waals surface area contributed by atoms with Gasteiger partial charge in [0.15, 0.2) is 0 Å². The maximum absolute atomic E-state index is 11.8. The van der Waals surface area contributed by atoms with E-state index < -0.39 is 0 Å². The van der Waals surface area contributed by atoms with Gasteiger partial charge in [-0.1, -0.05) is 12.8 Å². The second kappa shape index (κ2) is 6.20. The van der Waals surface area contributed by atoms with Gasteiger partial charge in [0.25, 0.3) is 5.91 Å². The molecule has 0 aromatic carbocycles. The van der Waals surface area contributed by atoms with E-state index in [2.05, 4.69) is 5.32 Å². The lowest BCUT2D eigenvalue weighted by atomic mass is 10.3. The number of carbonyl (C=O) groups excluding carboxylic acids is 1. The number of carbonyl (C=O) groups is 1. The number of amides is 1. The van der Waals surface area contributed by atoms with Crippen molar-refractivity contribution in [2.24, 2.45) is 0 Å². The van der Waals surface area contributed by atoms with E-state index in [0.717, 1.165) is 17.7 Å². The largest absolute Gasteiger partial charge is 0.398 e. The standard InChI is InChI=1S/C13H20N2O2S/c1-9-11(14)8-12(18-9)13(16)15-6-7-17-10-4-2-3-5-10/h8,10H,2-7,14H2,1H3,(H,15,16). The monoisotopic (exact) mass is 268 g/mol. The van der Waals surface area contributed by atoms with Gasteiger partial charge in [-0.05, 0) is 25.8 Å². The van der Waals surface area contributed by atoms with E-state index in [1.54, 1.807) is 6.07 Å². The van der Waals surface area contributed by atoms with Crippen molar-refractivity contribution in [1.82, 2.24) is 5.32 Å². The Morgan fingerprint density at radius 1 is 1.56 bits per heavy atom. The van der Waals surface area contributed by atoms with Crippen molar-refractivity contribution in [3.8, 4) is 0 Å². The van der Waals surface area contributed by atoms with Gasteiger partial charge in [-0.2, -0.15) is 0 Å². The molecule has 1 aliphatic carbocycles. The third-order valence-corrected chi connectivity index (χ3v) is 4.29. The number of hydrogen-bond donors (Lipinski definition) is 2. The second-order valence-corrected chi connectivity index (χ2v) is 5.91. The zero-order valence-electron chi connectivity index (χ0n) is 10.7. The Morgan fingerprint density at radius 2 is 2.28 bits per heavy atom. The Balaban J connectivity index is 1.68. The van der Waals surface area contributed by atoms with E-state index >= 15 is 0 Å². The van der Waals surface area contributed by atoms with Crippen molar-refractivity contribution in [3.05, 3.63) is 15.8 Å². The fourth-order valence-corrected chi connectivity index (χ4v) is 3.00. The van der Waals surface area contributed by atoms with Crippen LogP contribution in [0.25, 0.3) is 0 Å². The lowest BCUT2D eigenvalue weighted by Gasteiger charge is -2.11. The van der Waals surface area contributed by atoms with Crippen LogP contribution in [0.3, 0.4) is 0 Å². The highest BCUT2D eigenvalue weighted by molar-refractivity contribution is 7.14. The molecule has 0 spiro atoms. The molecule has 4 nitrogen and oxygen atoms in total. The van der Waals surface area contributed by atoms with Crippen LogP contribution in [0.5, 0.6) is 0 Å². The topological polar surface area (TPSA) is 64.3 Å². The number of nitrogen functional groups attached to an aromatic ring is 1. The Hall–Kier alpha value is -1.07. The summed E-state index contributed by atoms with van der Waals surface area (Å²) >= 11 is 1.43. The van der Waals surface area contributed by atoms with Crippen molar-refractivity contribution in [2.75, 3.05) is 18.9 Å². The molecule has 5 heteroatoms. The van der Waals surface area contributed by atoms with Gasteiger partial charge in [0.2, 0.25) is 0 Å². The molecule has 1 fully saturated rings. The minimum atomic E-state index is -0.0604. The quantitative estimate of drug-likeness (QED) is 0.806. The van der Waals surface area contributed by atoms with Crippen LogP contribution in [0.2, 0.25) is 0 Å². The number of aryl methyl sites for hydroxylation is 1. The van der Waals surface area contributed by atoms with E-state index in [9.17, 15) is 4.79 Å². The Kier molecular flexibility index (Phi) is 4.60. The molecule has 3 N–H and O–H groups in total. The molecular formula is C13H20N2O2S. The predicted molar refractivity (Wildman–Crippen MR) is 74.0 cm³/mol. The van der Waals surface area contributed by atoms with Crippen molar-refractivity contribution in [1.29, 1.82) is 0 Å². The first-order valence-corrected chi connectivity index (χ1v) is 7.24. The maximum Gasteiger partial charge on any atom is 0.261 e. The number of nitrogens with one attached hydrogen (secondary N) is 1. The molecule has 0 atom stereocenters. The predicted octanol–water partition coefficient (Wildman–Crippen LogP) is 2.33. The van der Waals surface area contributed by atoms with E-state index in [-0.39, 0.29) is 5.91 Å². The van der Waals surface area contributed by atoms with Gasteiger partial charge >= 0.3 is 0 Å². The second-order valence-electron chi connectivity index (χ2n) is 4.66. The lowest BCUT2D eigenvalue weighted by Crippen LogP contribution is -2.27. The molecule has 0 bridgehead atoms. The molecule has 1 heterocycles. The zero-order chi connectivity index (χ0) is 13.0. The van der Waals surface area contributed by atoms with Crippen LogP contribution in [-0.4, -0.2) is 25.2 Å². The smallest absolute Gasteiger partial charge is 0.261 e. The highest BCUT2D eigenvalue weighted by Crippen LogP contribution is 2.23. The summed E-state index contributed by atoms with van der Waals surface area (Å²) in [5.41, 5.74) is 6.41. The molecule has 0 aliphatic heterocycles. The minimum absolute atomic E-state index is 0.0604. The van der Waals surface area contributed by atoms with Crippen LogP contribution in [-0.2, 0) is 4.74 Å². The molecule has 0 radical (unpaired) electrons. The molecule has 0 unspecified atom stereocenters. The fraction of sp³-hybridized carbons (Fsp3) is 0.615. The summed E-state index contributed by atoms with van der Waals surface area (Å²) in [4.78, 5) is 13.5. The van der Waals surface area contributed by atoms with Gasteiger partial charge < -0.3 is 15.8 Å². The van der Waals surface area contributed by atoms with Crippen LogP contribution in [0.4, 0.5) is 5.69 Å².